The van der Waals surface area contributed by atoms with Crippen LogP contribution < -0.4 is 0 Å². The molecule has 0 amide bonds. The van der Waals surface area contributed by atoms with Crippen molar-refractivity contribution < 1.29 is 4.52 Å². The van der Waals surface area contributed by atoms with Crippen molar-refractivity contribution in [1.82, 2.24) is 10.1 Å². The molecule has 14 heavy (non-hydrogen) atoms. The summed E-state index contributed by atoms with van der Waals surface area (Å²) in [7, 11) is 0. The van der Waals surface area contributed by atoms with E-state index in [0.29, 0.717) is 11.7 Å². The van der Waals surface area contributed by atoms with Crippen molar-refractivity contribution in [2.24, 2.45) is 0 Å². The first-order valence-corrected chi connectivity index (χ1v) is 4.33. The molecule has 0 aliphatic heterocycles. The summed E-state index contributed by atoms with van der Waals surface area (Å²) < 4.78 is 4.93. The fraction of sp³-hybridized carbons (Fsp3) is 0.0909. The topological polar surface area (TPSA) is 38.9 Å². The van der Waals surface area contributed by atoms with Gasteiger partial charge in [-0.15, -0.1) is 0 Å². The van der Waals surface area contributed by atoms with E-state index >= 15 is 0 Å². The molecule has 0 spiro atoms. The molecule has 2 aromatic rings. The minimum Gasteiger partial charge on any atom is -0.334 e. The van der Waals surface area contributed by atoms with Crippen molar-refractivity contribution in [2.45, 2.75) is 6.92 Å². The van der Waals surface area contributed by atoms with Crippen molar-refractivity contribution in [2.75, 3.05) is 0 Å². The van der Waals surface area contributed by atoms with Crippen LogP contribution in [0.2, 0.25) is 0 Å². The van der Waals surface area contributed by atoms with E-state index in [4.69, 9.17) is 4.52 Å². The number of benzene rings is 1. The monoisotopic (exact) mass is 186 g/mol. The van der Waals surface area contributed by atoms with E-state index in [1.807, 2.05) is 31.2 Å². The normalized spacial score (nSPS) is 10.1. The number of rotatable bonds is 2. The van der Waals surface area contributed by atoms with Gasteiger partial charge in [0.05, 0.1) is 0 Å². The van der Waals surface area contributed by atoms with Gasteiger partial charge in [0.25, 0.3) is 0 Å². The molecule has 0 atom stereocenters. The Labute approximate surface area is 82.1 Å². The van der Waals surface area contributed by atoms with Crippen LogP contribution in [0.25, 0.3) is 17.5 Å². The fourth-order valence-electron chi connectivity index (χ4n) is 1.22. The van der Waals surface area contributed by atoms with Crippen molar-refractivity contribution in [3.63, 3.8) is 0 Å². The highest BCUT2D eigenvalue weighted by molar-refractivity contribution is 5.56. The van der Waals surface area contributed by atoms with Crippen LogP contribution in [0.4, 0.5) is 0 Å². The maximum Gasteiger partial charge on any atom is 0.250 e. The molecule has 0 unspecified atom stereocenters. The van der Waals surface area contributed by atoms with Crippen molar-refractivity contribution in [3.05, 3.63) is 42.3 Å². The van der Waals surface area contributed by atoms with Crippen LogP contribution >= 0.6 is 0 Å². The van der Waals surface area contributed by atoms with Crippen LogP contribution in [0.3, 0.4) is 0 Å². The second-order valence-electron chi connectivity index (χ2n) is 3.03. The van der Waals surface area contributed by atoms with Gasteiger partial charge in [-0.3, -0.25) is 0 Å². The van der Waals surface area contributed by atoms with Crippen LogP contribution in [-0.4, -0.2) is 10.1 Å². The first-order chi connectivity index (χ1) is 6.79. The Balaban J connectivity index is 2.43. The van der Waals surface area contributed by atoms with Crippen molar-refractivity contribution >= 4 is 6.08 Å². The molecule has 0 fully saturated rings. The van der Waals surface area contributed by atoms with Crippen LogP contribution in [-0.2, 0) is 0 Å². The van der Waals surface area contributed by atoms with Crippen molar-refractivity contribution in [1.29, 1.82) is 0 Å². The third-order valence-electron chi connectivity index (χ3n) is 1.89. The highest BCUT2D eigenvalue weighted by Gasteiger charge is 2.05. The van der Waals surface area contributed by atoms with Gasteiger partial charge in [0, 0.05) is 5.56 Å². The van der Waals surface area contributed by atoms with Gasteiger partial charge in [0.2, 0.25) is 11.7 Å². The lowest BCUT2D eigenvalue weighted by atomic mass is 10.1. The standard InChI is InChI=1S/C11H10N2O/c1-3-10-12-11(13-14-10)9-6-4-5-8(2)7-9/h3-7H,1H2,2H3. The molecule has 1 heterocycles. The van der Waals surface area contributed by atoms with E-state index in [1.54, 1.807) is 0 Å². The Bertz CT molecular complexity index is 460. The van der Waals surface area contributed by atoms with Crippen LogP contribution in [0.1, 0.15) is 11.5 Å². The van der Waals surface area contributed by atoms with Crippen molar-refractivity contribution in [3.8, 4) is 11.4 Å². The molecule has 0 aliphatic carbocycles. The molecule has 0 saturated heterocycles. The largest absolute Gasteiger partial charge is 0.334 e. The zero-order chi connectivity index (χ0) is 9.97. The average Bonchev–Trinajstić information content (AvgIpc) is 2.66. The summed E-state index contributed by atoms with van der Waals surface area (Å²) in [5.74, 6) is 1.05. The molecule has 0 bridgehead atoms. The highest BCUT2D eigenvalue weighted by Crippen LogP contribution is 2.16. The van der Waals surface area contributed by atoms with E-state index in [1.165, 1.54) is 11.6 Å². The first kappa shape index (κ1) is 8.69. The van der Waals surface area contributed by atoms with Gasteiger partial charge in [-0.1, -0.05) is 35.5 Å². The minimum atomic E-state index is 0.446. The molecule has 0 saturated carbocycles. The Morgan fingerprint density at radius 1 is 1.43 bits per heavy atom. The molecule has 1 aromatic carbocycles. The predicted molar refractivity (Wildman–Crippen MR) is 54.6 cm³/mol. The first-order valence-electron chi connectivity index (χ1n) is 4.33. The van der Waals surface area contributed by atoms with Gasteiger partial charge < -0.3 is 4.52 Å². The van der Waals surface area contributed by atoms with Gasteiger partial charge in [0.1, 0.15) is 0 Å². The number of aromatic nitrogens is 2. The van der Waals surface area contributed by atoms with Crippen LogP contribution in [0.5, 0.6) is 0 Å². The van der Waals surface area contributed by atoms with Gasteiger partial charge >= 0.3 is 0 Å². The lowest BCUT2D eigenvalue weighted by Crippen LogP contribution is -1.81. The molecule has 70 valence electrons. The molecule has 0 aliphatic rings. The summed E-state index contributed by atoms with van der Waals surface area (Å²) in [6.45, 7) is 5.59. The SMILES string of the molecule is C=Cc1nc(-c2cccc(C)c2)no1. The Morgan fingerprint density at radius 2 is 2.29 bits per heavy atom. The molecule has 1 aromatic heterocycles. The Hall–Kier alpha value is -1.90. The second-order valence-corrected chi connectivity index (χ2v) is 3.03. The molecule has 0 radical (unpaired) electrons. The van der Waals surface area contributed by atoms with Gasteiger partial charge in [-0.2, -0.15) is 4.98 Å². The molecular formula is C11H10N2O. The van der Waals surface area contributed by atoms with E-state index in [2.05, 4.69) is 16.7 Å². The van der Waals surface area contributed by atoms with Gasteiger partial charge in [-0.25, -0.2) is 0 Å². The Morgan fingerprint density at radius 3 is 2.93 bits per heavy atom. The molecule has 0 N–H and O–H groups in total. The number of aryl methyl sites for hydroxylation is 1. The number of hydrogen-bond acceptors (Lipinski definition) is 3. The quantitative estimate of drug-likeness (QED) is 0.723. The molecule has 3 nitrogen and oxygen atoms in total. The smallest absolute Gasteiger partial charge is 0.250 e. The third-order valence-corrected chi connectivity index (χ3v) is 1.89. The molecule has 3 heteroatoms. The second kappa shape index (κ2) is 3.46. The number of hydrogen-bond donors (Lipinski definition) is 0. The van der Waals surface area contributed by atoms with E-state index < -0.39 is 0 Å². The summed E-state index contributed by atoms with van der Waals surface area (Å²) in [4.78, 5) is 4.14. The molecule has 2 rings (SSSR count). The summed E-state index contributed by atoms with van der Waals surface area (Å²) in [6.07, 6.45) is 1.53. The summed E-state index contributed by atoms with van der Waals surface area (Å²) in [6, 6.07) is 7.95. The van der Waals surface area contributed by atoms with Crippen LogP contribution in [0, 0.1) is 6.92 Å². The average molecular weight is 186 g/mol. The zero-order valence-corrected chi connectivity index (χ0v) is 7.90. The fourth-order valence-corrected chi connectivity index (χ4v) is 1.22. The Kier molecular flexibility index (Phi) is 2.14. The third kappa shape index (κ3) is 1.57. The summed E-state index contributed by atoms with van der Waals surface area (Å²) >= 11 is 0. The summed E-state index contributed by atoms with van der Waals surface area (Å²) in [5.41, 5.74) is 2.13. The lowest BCUT2D eigenvalue weighted by Gasteiger charge is -1.94. The maximum atomic E-state index is 4.93. The zero-order valence-electron chi connectivity index (χ0n) is 7.90. The minimum absolute atomic E-state index is 0.446. The van der Waals surface area contributed by atoms with E-state index in [-0.39, 0.29) is 0 Å². The predicted octanol–water partition coefficient (Wildman–Crippen LogP) is 2.69. The number of nitrogens with zero attached hydrogens (tertiary/aromatic N) is 2. The lowest BCUT2D eigenvalue weighted by molar-refractivity contribution is 0.411. The van der Waals surface area contributed by atoms with E-state index in [9.17, 15) is 0 Å². The highest BCUT2D eigenvalue weighted by atomic mass is 16.5. The van der Waals surface area contributed by atoms with Gasteiger partial charge in [0.15, 0.2) is 0 Å². The maximum absolute atomic E-state index is 4.93. The van der Waals surface area contributed by atoms with E-state index in [0.717, 1.165) is 5.56 Å². The summed E-state index contributed by atoms with van der Waals surface area (Å²) in [5, 5.41) is 3.84. The van der Waals surface area contributed by atoms with Gasteiger partial charge in [-0.05, 0) is 19.1 Å². The van der Waals surface area contributed by atoms with Crippen LogP contribution in [0.15, 0.2) is 35.4 Å². The molecular weight excluding hydrogens is 176 g/mol.